The molecule has 1 fully saturated rings. The molecular weight excluding hydrogens is 244 g/mol. The Morgan fingerprint density at radius 2 is 2.11 bits per heavy atom. The number of nitrogens with zero attached hydrogens (tertiary/aromatic N) is 1. The minimum absolute atomic E-state index is 0.00556. The first-order valence-corrected chi connectivity index (χ1v) is 7.07. The van der Waals surface area contributed by atoms with E-state index in [9.17, 15) is 9.59 Å². The molecule has 0 aromatic rings. The Balaban J connectivity index is 2.56. The monoisotopic (exact) mass is 270 g/mol. The van der Waals surface area contributed by atoms with Crippen LogP contribution in [-0.4, -0.2) is 48.6 Å². The summed E-state index contributed by atoms with van der Waals surface area (Å²) in [6.07, 6.45) is 0.965. The van der Waals surface area contributed by atoms with Crippen LogP contribution in [0.4, 0.5) is 0 Å². The molecule has 5 nitrogen and oxygen atoms in total. The number of carbonyl (C=O) groups excluding carboxylic acids is 2. The van der Waals surface area contributed by atoms with Crippen molar-refractivity contribution in [3.63, 3.8) is 0 Å². The van der Waals surface area contributed by atoms with E-state index in [0.29, 0.717) is 45.1 Å². The summed E-state index contributed by atoms with van der Waals surface area (Å²) in [5, 5.41) is 2.82. The maximum Gasteiger partial charge on any atom is 0.248 e. The second-order valence-corrected chi connectivity index (χ2v) is 5.74. The molecule has 0 spiro atoms. The van der Waals surface area contributed by atoms with Crippen LogP contribution < -0.4 is 5.32 Å². The van der Waals surface area contributed by atoms with Crippen molar-refractivity contribution in [3.05, 3.63) is 0 Å². The standard InChI is InChI=1S/C14H26N2O3/c1-5-14(4)13(18)16(7-6-12(17)15-14)8-9-19-10-11(2)3/h11H,5-10H2,1-4H3,(H,15,17). The molecule has 1 aliphatic heterocycles. The van der Waals surface area contributed by atoms with E-state index in [-0.39, 0.29) is 11.8 Å². The smallest absolute Gasteiger partial charge is 0.248 e. The summed E-state index contributed by atoms with van der Waals surface area (Å²) in [4.78, 5) is 25.8. The van der Waals surface area contributed by atoms with E-state index >= 15 is 0 Å². The van der Waals surface area contributed by atoms with Gasteiger partial charge in [-0.3, -0.25) is 9.59 Å². The molecule has 1 N–H and O–H groups in total. The van der Waals surface area contributed by atoms with E-state index < -0.39 is 5.54 Å². The first kappa shape index (κ1) is 16.0. The molecule has 1 rings (SSSR count). The predicted molar refractivity (Wildman–Crippen MR) is 73.7 cm³/mol. The second-order valence-electron chi connectivity index (χ2n) is 5.74. The highest BCUT2D eigenvalue weighted by atomic mass is 16.5. The van der Waals surface area contributed by atoms with E-state index in [1.54, 1.807) is 11.8 Å². The van der Waals surface area contributed by atoms with Crippen molar-refractivity contribution in [1.29, 1.82) is 0 Å². The fourth-order valence-corrected chi connectivity index (χ4v) is 2.06. The van der Waals surface area contributed by atoms with Gasteiger partial charge in [-0.2, -0.15) is 0 Å². The van der Waals surface area contributed by atoms with Crippen LogP contribution in [0.1, 0.15) is 40.5 Å². The quantitative estimate of drug-likeness (QED) is 0.737. The van der Waals surface area contributed by atoms with Crippen molar-refractivity contribution in [2.75, 3.05) is 26.3 Å². The van der Waals surface area contributed by atoms with E-state index in [1.165, 1.54) is 0 Å². The maximum atomic E-state index is 12.4. The van der Waals surface area contributed by atoms with Gasteiger partial charge in [-0.05, 0) is 19.3 Å². The van der Waals surface area contributed by atoms with Crippen molar-refractivity contribution in [1.82, 2.24) is 10.2 Å². The molecule has 1 aliphatic rings. The fraction of sp³-hybridized carbons (Fsp3) is 0.857. The van der Waals surface area contributed by atoms with Gasteiger partial charge in [-0.15, -0.1) is 0 Å². The topological polar surface area (TPSA) is 58.6 Å². The largest absolute Gasteiger partial charge is 0.379 e. The average Bonchev–Trinajstić information content (AvgIpc) is 2.45. The number of hydrogen-bond acceptors (Lipinski definition) is 3. The minimum atomic E-state index is -0.772. The molecule has 110 valence electrons. The van der Waals surface area contributed by atoms with Crippen molar-refractivity contribution in [2.24, 2.45) is 5.92 Å². The van der Waals surface area contributed by atoms with Crippen molar-refractivity contribution >= 4 is 11.8 Å². The number of carbonyl (C=O) groups is 2. The zero-order chi connectivity index (χ0) is 14.5. The Morgan fingerprint density at radius 1 is 1.42 bits per heavy atom. The molecule has 0 aromatic carbocycles. The van der Waals surface area contributed by atoms with Crippen LogP contribution in [0.15, 0.2) is 0 Å². The minimum Gasteiger partial charge on any atom is -0.379 e. The molecular formula is C14H26N2O3. The van der Waals surface area contributed by atoms with Crippen molar-refractivity contribution in [2.45, 2.75) is 46.1 Å². The van der Waals surface area contributed by atoms with Gasteiger partial charge in [0.1, 0.15) is 5.54 Å². The van der Waals surface area contributed by atoms with Gasteiger partial charge in [0.2, 0.25) is 11.8 Å². The van der Waals surface area contributed by atoms with Crippen LogP contribution in [0.3, 0.4) is 0 Å². The van der Waals surface area contributed by atoms with E-state index in [4.69, 9.17) is 4.74 Å². The molecule has 19 heavy (non-hydrogen) atoms. The van der Waals surface area contributed by atoms with Gasteiger partial charge in [-0.25, -0.2) is 0 Å². The number of rotatable bonds is 6. The highest BCUT2D eigenvalue weighted by Crippen LogP contribution is 2.17. The van der Waals surface area contributed by atoms with E-state index in [0.717, 1.165) is 0 Å². The maximum absolute atomic E-state index is 12.4. The molecule has 0 aliphatic carbocycles. The summed E-state index contributed by atoms with van der Waals surface area (Å²) in [6.45, 7) is 10.1. The summed E-state index contributed by atoms with van der Waals surface area (Å²) in [6, 6.07) is 0. The van der Waals surface area contributed by atoms with Crippen LogP contribution in [0.5, 0.6) is 0 Å². The normalized spacial score (nSPS) is 24.6. The molecule has 2 amide bonds. The molecule has 0 radical (unpaired) electrons. The third-order valence-corrected chi connectivity index (χ3v) is 3.45. The zero-order valence-electron chi connectivity index (χ0n) is 12.5. The number of nitrogens with one attached hydrogen (secondary N) is 1. The number of hydrogen-bond donors (Lipinski definition) is 1. The van der Waals surface area contributed by atoms with Crippen molar-refractivity contribution in [3.8, 4) is 0 Å². The van der Waals surface area contributed by atoms with E-state index in [1.807, 2.05) is 6.92 Å². The zero-order valence-corrected chi connectivity index (χ0v) is 12.5. The Bertz CT molecular complexity index is 331. The van der Waals surface area contributed by atoms with Gasteiger partial charge < -0.3 is 15.0 Å². The molecule has 1 heterocycles. The van der Waals surface area contributed by atoms with Crippen LogP contribution in [0.25, 0.3) is 0 Å². The summed E-state index contributed by atoms with van der Waals surface area (Å²) < 4.78 is 5.52. The first-order valence-electron chi connectivity index (χ1n) is 7.07. The molecule has 5 heteroatoms. The van der Waals surface area contributed by atoms with Gasteiger partial charge in [0.05, 0.1) is 6.61 Å². The first-order chi connectivity index (χ1) is 8.89. The van der Waals surface area contributed by atoms with E-state index in [2.05, 4.69) is 19.2 Å². The van der Waals surface area contributed by atoms with Gasteiger partial charge in [0.15, 0.2) is 0 Å². The lowest BCUT2D eigenvalue weighted by atomic mass is 9.97. The van der Waals surface area contributed by atoms with Gasteiger partial charge in [0, 0.05) is 26.1 Å². The molecule has 0 bridgehead atoms. The van der Waals surface area contributed by atoms with Crippen LogP contribution >= 0.6 is 0 Å². The SMILES string of the molecule is CCC1(C)NC(=O)CCN(CCOCC(C)C)C1=O. The predicted octanol–water partition coefficient (Wildman–Crippen LogP) is 1.18. The van der Waals surface area contributed by atoms with Gasteiger partial charge in [-0.1, -0.05) is 20.8 Å². The fourth-order valence-electron chi connectivity index (χ4n) is 2.06. The Kier molecular flexibility index (Phi) is 5.79. The Labute approximate surface area is 115 Å². The molecule has 1 saturated heterocycles. The van der Waals surface area contributed by atoms with Crippen molar-refractivity contribution < 1.29 is 14.3 Å². The number of amides is 2. The highest BCUT2D eigenvalue weighted by Gasteiger charge is 2.38. The lowest BCUT2D eigenvalue weighted by molar-refractivity contribution is -0.138. The summed E-state index contributed by atoms with van der Waals surface area (Å²) in [7, 11) is 0. The molecule has 1 unspecified atom stereocenters. The summed E-state index contributed by atoms with van der Waals surface area (Å²) in [5.74, 6) is 0.432. The molecule has 0 saturated carbocycles. The van der Waals surface area contributed by atoms with Gasteiger partial charge in [0.25, 0.3) is 0 Å². The lowest BCUT2D eigenvalue weighted by Gasteiger charge is -2.31. The Morgan fingerprint density at radius 3 is 2.68 bits per heavy atom. The lowest BCUT2D eigenvalue weighted by Crippen LogP contribution is -2.55. The van der Waals surface area contributed by atoms with Crippen LogP contribution in [-0.2, 0) is 14.3 Å². The van der Waals surface area contributed by atoms with Gasteiger partial charge >= 0.3 is 0 Å². The second kappa shape index (κ2) is 6.89. The third-order valence-electron chi connectivity index (χ3n) is 3.45. The average molecular weight is 270 g/mol. The molecule has 0 aromatic heterocycles. The van der Waals surface area contributed by atoms with Crippen LogP contribution in [0.2, 0.25) is 0 Å². The highest BCUT2D eigenvalue weighted by molar-refractivity contribution is 5.93. The third kappa shape index (κ3) is 4.49. The molecule has 1 atom stereocenters. The Hall–Kier alpha value is -1.10. The number of ether oxygens (including phenoxy) is 1. The summed E-state index contributed by atoms with van der Waals surface area (Å²) in [5.41, 5.74) is -0.772. The van der Waals surface area contributed by atoms with Crippen LogP contribution in [0, 0.1) is 5.92 Å². The summed E-state index contributed by atoms with van der Waals surface area (Å²) >= 11 is 0.